The van der Waals surface area contributed by atoms with Gasteiger partial charge < -0.3 is 13.6 Å². The Kier molecular flexibility index (Phi) is 6.34. The van der Waals surface area contributed by atoms with Crippen LogP contribution >= 0.6 is 0 Å². The standard InChI is InChI=1S/C52H32N2O/c1-2-10-33(11-3-1)35-18-23-39(24-19-35)53-47-16-8-6-14-41(47)43-29-37(21-26-48(43)53)38-22-27-49-44(30-38)45-31-46-42-15-7-9-17-51(42)55-52(46)32-50(45)54(49)40-25-20-34-12-4-5-13-36(34)28-40/h1-32H. The SMILES string of the molecule is c1ccc(-c2ccc(-n3c4ccccc4c4cc(-c5ccc6c(c5)c5cc7c(cc5n6-c5ccc6ccccc6c5)oc5ccccc57)ccc43)cc2)cc1. The molecule has 0 saturated carbocycles. The van der Waals surface area contributed by atoms with Crippen LogP contribution in [0.25, 0.3) is 110 Å². The number of furan rings is 1. The van der Waals surface area contributed by atoms with E-state index in [1.54, 1.807) is 0 Å². The highest BCUT2D eigenvalue weighted by Gasteiger charge is 2.19. The molecular weight excluding hydrogens is 669 g/mol. The largest absolute Gasteiger partial charge is 0.456 e. The van der Waals surface area contributed by atoms with Crippen LogP contribution in [0.3, 0.4) is 0 Å². The van der Waals surface area contributed by atoms with E-state index >= 15 is 0 Å². The molecule has 0 bridgehead atoms. The molecule has 0 spiro atoms. The maximum atomic E-state index is 6.43. The van der Waals surface area contributed by atoms with Gasteiger partial charge in [0, 0.05) is 49.8 Å². The Hall–Kier alpha value is -7.36. The molecule has 0 radical (unpaired) electrons. The molecule has 0 unspecified atom stereocenters. The lowest BCUT2D eigenvalue weighted by Crippen LogP contribution is -1.94. The fourth-order valence-corrected chi connectivity index (χ4v) is 8.88. The zero-order chi connectivity index (χ0) is 36.0. The lowest BCUT2D eigenvalue weighted by Gasteiger charge is -2.11. The molecule has 0 amide bonds. The number of para-hydroxylation sites is 2. The minimum Gasteiger partial charge on any atom is -0.456 e. The van der Waals surface area contributed by atoms with E-state index in [1.807, 2.05) is 6.07 Å². The van der Waals surface area contributed by atoms with Crippen molar-refractivity contribution in [3.63, 3.8) is 0 Å². The summed E-state index contributed by atoms with van der Waals surface area (Å²) in [5, 5.41) is 9.64. The summed E-state index contributed by atoms with van der Waals surface area (Å²) in [5.74, 6) is 0. The van der Waals surface area contributed by atoms with E-state index in [4.69, 9.17) is 4.42 Å². The van der Waals surface area contributed by atoms with Gasteiger partial charge in [0.25, 0.3) is 0 Å². The van der Waals surface area contributed by atoms with Crippen LogP contribution in [-0.2, 0) is 0 Å². The minimum absolute atomic E-state index is 0.898. The third kappa shape index (κ3) is 4.57. The van der Waals surface area contributed by atoms with Gasteiger partial charge in [-0.05, 0) is 99.8 Å². The first-order chi connectivity index (χ1) is 27.2. The van der Waals surface area contributed by atoms with Crippen molar-refractivity contribution >= 4 is 76.3 Å². The Labute approximate surface area is 316 Å². The van der Waals surface area contributed by atoms with Crippen molar-refractivity contribution in [1.82, 2.24) is 9.13 Å². The summed E-state index contributed by atoms with van der Waals surface area (Å²) in [6.45, 7) is 0. The van der Waals surface area contributed by atoms with Crippen molar-refractivity contribution in [1.29, 1.82) is 0 Å². The fourth-order valence-electron chi connectivity index (χ4n) is 8.88. The molecule has 3 nitrogen and oxygen atoms in total. The topological polar surface area (TPSA) is 23.0 Å². The van der Waals surface area contributed by atoms with E-state index in [0.717, 1.165) is 38.8 Å². The molecule has 0 N–H and O–H groups in total. The zero-order valence-electron chi connectivity index (χ0n) is 29.8. The molecule has 12 aromatic rings. The molecular formula is C52H32N2O. The summed E-state index contributed by atoms with van der Waals surface area (Å²) in [4.78, 5) is 0. The molecule has 0 saturated heterocycles. The van der Waals surface area contributed by atoms with Gasteiger partial charge in [0.2, 0.25) is 0 Å². The van der Waals surface area contributed by atoms with Crippen molar-refractivity contribution in [2.45, 2.75) is 0 Å². The Balaban J connectivity index is 1.06. The number of fused-ring (bicyclic) bond motifs is 10. The third-order valence-electron chi connectivity index (χ3n) is 11.5. The van der Waals surface area contributed by atoms with Gasteiger partial charge in [0.05, 0.1) is 22.1 Å². The summed E-state index contributed by atoms with van der Waals surface area (Å²) in [7, 11) is 0. The van der Waals surface area contributed by atoms with E-state index in [2.05, 4.69) is 197 Å². The highest BCUT2D eigenvalue weighted by atomic mass is 16.3. The number of aromatic nitrogens is 2. The minimum atomic E-state index is 0.898. The monoisotopic (exact) mass is 700 g/mol. The van der Waals surface area contributed by atoms with E-state index in [0.29, 0.717) is 0 Å². The first-order valence-electron chi connectivity index (χ1n) is 18.8. The van der Waals surface area contributed by atoms with Crippen LogP contribution in [0.4, 0.5) is 0 Å². The Morgan fingerprint density at radius 2 is 0.836 bits per heavy atom. The number of rotatable bonds is 4. The average Bonchev–Trinajstić information content (AvgIpc) is 3.89. The summed E-state index contributed by atoms with van der Waals surface area (Å²) < 4.78 is 11.2. The van der Waals surface area contributed by atoms with Gasteiger partial charge in [0.1, 0.15) is 11.2 Å². The molecule has 256 valence electrons. The normalized spacial score (nSPS) is 12.0. The third-order valence-corrected chi connectivity index (χ3v) is 11.5. The quantitative estimate of drug-likeness (QED) is 0.179. The van der Waals surface area contributed by atoms with Crippen molar-refractivity contribution in [2.24, 2.45) is 0 Å². The molecule has 0 aliphatic heterocycles. The van der Waals surface area contributed by atoms with Gasteiger partial charge in [-0.1, -0.05) is 121 Å². The first-order valence-corrected chi connectivity index (χ1v) is 18.8. The summed E-state index contributed by atoms with van der Waals surface area (Å²) in [6, 6.07) is 70.4. The molecule has 0 fully saturated rings. The van der Waals surface area contributed by atoms with Crippen molar-refractivity contribution in [3.8, 4) is 33.6 Å². The second-order valence-electron chi connectivity index (χ2n) is 14.6. The molecule has 0 atom stereocenters. The highest BCUT2D eigenvalue weighted by molar-refractivity contribution is 6.18. The second-order valence-corrected chi connectivity index (χ2v) is 14.6. The van der Waals surface area contributed by atoms with Crippen LogP contribution in [0.1, 0.15) is 0 Å². The average molecular weight is 701 g/mol. The fraction of sp³-hybridized carbons (Fsp3) is 0. The van der Waals surface area contributed by atoms with Crippen LogP contribution < -0.4 is 0 Å². The molecule has 0 aliphatic carbocycles. The van der Waals surface area contributed by atoms with Crippen LogP contribution in [0, 0.1) is 0 Å². The molecule has 55 heavy (non-hydrogen) atoms. The van der Waals surface area contributed by atoms with Gasteiger partial charge in [0.15, 0.2) is 0 Å². The van der Waals surface area contributed by atoms with Crippen LogP contribution in [-0.4, -0.2) is 9.13 Å². The highest BCUT2D eigenvalue weighted by Crippen LogP contribution is 2.41. The molecule has 3 heterocycles. The van der Waals surface area contributed by atoms with E-state index in [1.165, 1.54) is 71.1 Å². The van der Waals surface area contributed by atoms with Crippen LogP contribution in [0.2, 0.25) is 0 Å². The Morgan fingerprint density at radius 3 is 1.64 bits per heavy atom. The maximum absolute atomic E-state index is 6.43. The van der Waals surface area contributed by atoms with Crippen LogP contribution in [0.15, 0.2) is 199 Å². The summed E-state index contributed by atoms with van der Waals surface area (Å²) in [5.41, 5.74) is 13.6. The second kappa shape index (κ2) is 11.6. The smallest absolute Gasteiger partial charge is 0.137 e. The Bertz CT molecular complexity index is 3470. The van der Waals surface area contributed by atoms with E-state index in [9.17, 15) is 0 Å². The first kappa shape index (κ1) is 30.1. The van der Waals surface area contributed by atoms with Gasteiger partial charge in [-0.3, -0.25) is 0 Å². The van der Waals surface area contributed by atoms with E-state index < -0.39 is 0 Å². The van der Waals surface area contributed by atoms with Crippen molar-refractivity contribution < 1.29 is 4.42 Å². The number of benzene rings is 9. The Morgan fingerprint density at radius 1 is 0.273 bits per heavy atom. The van der Waals surface area contributed by atoms with Gasteiger partial charge in [-0.15, -0.1) is 0 Å². The molecule has 3 aromatic heterocycles. The molecule has 12 rings (SSSR count). The zero-order valence-corrected chi connectivity index (χ0v) is 29.8. The number of nitrogens with zero attached hydrogens (tertiary/aromatic N) is 2. The van der Waals surface area contributed by atoms with Gasteiger partial charge in [-0.25, -0.2) is 0 Å². The van der Waals surface area contributed by atoms with E-state index in [-0.39, 0.29) is 0 Å². The lowest BCUT2D eigenvalue weighted by atomic mass is 10.00. The predicted octanol–water partition coefficient (Wildman–Crippen LogP) is 14.3. The molecule has 3 heteroatoms. The maximum Gasteiger partial charge on any atom is 0.137 e. The lowest BCUT2D eigenvalue weighted by molar-refractivity contribution is 0.669. The molecule has 0 aliphatic rings. The predicted molar refractivity (Wildman–Crippen MR) is 231 cm³/mol. The van der Waals surface area contributed by atoms with Crippen molar-refractivity contribution in [3.05, 3.63) is 194 Å². The number of hydrogen-bond donors (Lipinski definition) is 0. The van der Waals surface area contributed by atoms with Gasteiger partial charge >= 0.3 is 0 Å². The molecule has 9 aromatic carbocycles. The van der Waals surface area contributed by atoms with Gasteiger partial charge in [-0.2, -0.15) is 0 Å². The van der Waals surface area contributed by atoms with Crippen LogP contribution in [0.5, 0.6) is 0 Å². The number of hydrogen-bond acceptors (Lipinski definition) is 1. The summed E-state index contributed by atoms with van der Waals surface area (Å²) in [6.07, 6.45) is 0. The van der Waals surface area contributed by atoms with Crippen molar-refractivity contribution in [2.75, 3.05) is 0 Å². The summed E-state index contributed by atoms with van der Waals surface area (Å²) >= 11 is 0.